The molecule has 146 valence electrons. The van der Waals surface area contributed by atoms with Crippen LogP contribution in [0.3, 0.4) is 0 Å². The standard InChI is InChI=1S/C18H18N4O5S/c1-27-17(24)14-15-11(12-9-21(14)18(25)22(12)26)8-13(28-15)16(23)20-7-4-10-2-5-19-6-3-10/h2-3,5-6,8,12,14,26H,4,7,9H2,1H3,(H,20,23)/t12-,14+/m1/s1. The van der Waals surface area contributed by atoms with Crippen LogP contribution in [0, 0.1) is 0 Å². The molecule has 0 radical (unpaired) electrons. The highest BCUT2D eigenvalue weighted by molar-refractivity contribution is 7.14. The Kier molecular flexibility index (Phi) is 4.73. The van der Waals surface area contributed by atoms with E-state index in [4.69, 9.17) is 4.74 Å². The maximum atomic E-state index is 12.6. The Bertz CT molecular complexity index is 931. The number of aromatic nitrogens is 1. The normalized spacial score (nSPS) is 20.1. The molecule has 2 aromatic heterocycles. The van der Waals surface area contributed by atoms with Gasteiger partial charge in [0.1, 0.15) is 6.04 Å². The summed E-state index contributed by atoms with van der Waals surface area (Å²) in [6.07, 6.45) is 4.06. The van der Waals surface area contributed by atoms with Gasteiger partial charge in [0.15, 0.2) is 6.04 Å². The first-order valence-electron chi connectivity index (χ1n) is 8.68. The van der Waals surface area contributed by atoms with Gasteiger partial charge in [-0.2, -0.15) is 5.06 Å². The summed E-state index contributed by atoms with van der Waals surface area (Å²) in [5.74, 6) is -0.867. The minimum atomic E-state index is -0.954. The highest BCUT2D eigenvalue weighted by Gasteiger charge is 2.51. The summed E-state index contributed by atoms with van der Waals surface area (Å²) in [4.78, 5) is 43.2. The van der Waals surface area contributed by atoms with E-state index in [2.05, 4.69) is 10.3 Å². The molecule has 10 heteroatoms. The Morgan fingerprint density at radius 1 is 1.39 bits per heavy atom. The molecule has 0 spiro atoms. The van der Waals surface area contributed by atoms with E-state index in [-0.39, 0.29) is 12.5 Å². The SMILES string of the molecule is COC(=O)[C@@H]1c2sc(C(=O)NCCc3ccncc3)cc2[C@H]2CN1C(=O)N2O. The quantitative estimate of drug-likeness (QED) is 0.579. The third-order valence-electron chi connectivity index (χ3n) is 4.91. The first-order valence-corrected chi connectivity index (χ1v) is 9.50. The zero-order chi connectivity index (χ0) is 19.8. The molecule has 3 amide bonds. The van der Waals surface area contributed by atoms with Crippen LogP contribution in [0.1, 0.15) is 37.8 Å². The second-order valence-electron chi connectivity index (χ2n) is 6.51. The van der Waals surface area contributed by atoms with Crippen molar-refractivity contribution in [1.82, 2.24) is 20.3 Å². The van der Waals surface area contributed by atoms with Crippen LogP contribution in [-0.2, 0) is 16.0 Å². The lowest BCUT2D eigenvalue weighted by Gasteiger charge is -2.28. The van der Waals surface area contributed by atoms with Crippen molar-refractivity contribution in [1.29, 1.82) is 0 Å². The summed E-state index contributed by atoms with van der Waals surface area (Å²) >= 11 is 1.14. The predicted octanol–water partition coefficient (Wildman–Crippen LogP) is 1.51. The maximum Gasteiger partial charge on any atom is 0.345 e. The Labute approximate surface area is 164 Å². The van der Waals surface area contributed by atoms with E-state index in [0.29, 0.717) is 33.3 Å². The number of ether oxygens (including phenoxy) is 1. The van der Waals surface area contributed by atoms with Gasteiger partial charge < -0.3 is 15.0 Å². The number of hydrogen-bond donors (Lipinski definition) is 2. The largest absolute Gasteiger partial charge is 0.467 e. The molecular weight excluding hydrogens is 384 g/mol. The van der Waals surface area contributed by atoms with Gasteiger partial charge in [-0.15, -0.1) is 11.3 Å². The van der Waals surface area contributed by atoms with Crippen LogP contribution in [0.2, 0.25) is 0 Å². The Hall–Kier alpha value is -2.98. The van der Waals surface area contributed by atoms with Crippen LogP contribution in [0.4, 0.5) is 4.79 Å². The van der Waals surface area contributed by atoms with Crippen molar-refractivity contribution < 1.29 is 24.3 Å². The molecule has 28 heavy (non-hydrogen) atoms. The Morgan fingerprint density at radius 2 is 2.14 bits per heavy atom. The lowest BCUT2D eigenvalue weighted by molar-refractivity contribution is -0.146. The van der Waals surface area contributed by atoms with E-state index in [1.165, 1.54) is 12.0 Å². The molecule has 1 saturated heterocycles. The molecule has 2 N–H and O–H groups in total. The molecule has 0 aromatic carbocycles. The average Bonchev–Trinajstić information content (AvgIpc) is 3.26. The van der Waals surface area contributed by atoms with Gasteiger partial charge in [0.05, 0.1) is 18.5 Å². The topological polar surface area (TPSA) is 112 Å². The number of amides is 3. The van der Waals surface area contributed by atoms with Gasteiger partial charge in [-0.1, -0.05) is 0 Å². The molecule has 2 aromatic rings. The fourth-order valence-electron chi connectivity index (χ4n) is 3.50. The summed E-state index contributed by atoms with van der Waals surface area (Å²) in [6, 6.07) is 3.21. The van der Waals surface area contributed by atoms with Crippen LogP contribution >= 0.6 is 11.3 Å². The average molecular weight is 402 g/mol. The third kappa shape index (κ3) is 3.00. The summed E-state index contributed by atoms with van der Waals surface area (Å²) in [5, 5.41) is 13.6. The van der Waals surface area contributed by atoms with Crippen LogP contribution < -0.4 is 5.32 Å². The monoisotopic (exact) mass is 402 g/mol. The van der Waals surface area contributed by atoms with Gasteiger partial charge in [-0.05, 0) is 35.7 Å². The second kappa shape index (κ2) is 7.21. The first-order chi connectivity index (χ1) is 13.5. The molecule has 0 unspecified atom stereocenters. The van der Waals surface area contributed by atoms with E-state index < -0.39 is 24.1 Å². The van der Waals surface area contributed by atoms with Gasteiger partial charge in [-0.25, -0.2) is 9.59 Å². The Balaban J connectivity index is 1.54. The molecule has 0 saturated carbocycles. The van der Waals surface area contributed by atoms with E-state index in [1.54, 1.807) is 18.5 Å². The maximum absolute atomic E-state index is 12.6. The van der Waals surface area contributed by atoms with Gasteiger partial charge in [0.25, 0.3) is 5.91 Å². The van der Waals surface area contributed by atoms with Gasteiger partial charge in [-0.3, -0.25) is 15.0 Å². The van der Waals surface area contributed by atoms with Crippen LogP contribution in [0.5, 0.6) is 0 Å². The summed E-state index contributed by atoms with van der Waals surface area (Å²) in [7, 11) is 1.24. The van der Waals surface area contributed by atoms with E-state index in [0.717, 1.165) is 16.9 Å². The van der Waals surface area contributed by atoms with Crippen LogP contribution in [-0.4, -0.2) is 58.3 Å². The number of carbonyl (C=O) groups is 3. The van der Waals surface area contributed by atoms with Gasteiger partial charge in [0, 0.05) is 23.8 Å². The molecular formula is C18H18N4O5S. The molecule has 4 heterocycles. The second-order valence-corrected chi connectivity index (χ2v) is 7.60. The van der Waals surface area contributed by atoms with Crippen LogP contribution in [0.15, 0.2) is 30.6 Å². The first kappa shape index (κ1) is 18.4. The fraction of sp³-hybridized carbons (Fsp3) is 0.333. The number of pyridine rings is 1. The van der Waals surface area contributed by atoms with Crippen molar-refractivity contribution in [3.63, 3.8) is 0 Å². The molecule has 9 nitrogen and oxygen atoms in total. The van der Waals surface area contributed by atoms with Crippen molar-refractivity contribution in [2.75, 3.05) is 20.2 Å². The Morgan fingerprint density at radius 3 is 2.86 bits per heavy atom. The zero-order valence-corrected chi connectivity index (χ0v) is 15.8. The highest BCUT2D eigenvalue weighted by atomic mass is 32.1. The number of methoxy groups -OCH3 is 1. The number of carbonyl (C=O) groups excluding carboxylic acids is 3. The molecule has 2 aliphatic heterocycles. The van der Waals surface area contributed by atoms with Crippen molar-refractivity contribution in [2.45, 2.75) is 18.5 Å². The van der Waals surface area contributed by atoms with E-state index in [1.807, 2.05) is 12.1 Å². The minimum absolute atomic E-state index is 0.169. The number of esters is 1. The predicted molar refractivity (Wildman–Crippen MR) is 97.8 cm³/mol. The number of hydrogen-bond acceptors (Lipinski definition) is 7. The number of rotatable bonds is 5. The van der Waals surface area contributed by atoms with Crippen molar-refractivity contribution >= 4 is 29.2 Å². The number of fused-ring (bicyclic) bond motifs is 4. The molecule has 0 aliphatic carbocycles. The molecule has 1 fully saturated rings. The highest BCUT2D eigenvalue weighted by Crippen LogP contribution is 2.47. The van der Waals surface area contributed by atoms with Gasteiger partial charge in [0.2, 0.25) is 0 Å². The minimum Gasteiger partial charge on any atom is -0.467 e. The van der Waals surface area contributed by atoms with Crippen LogP contribution in [0.25, 0.3) is 0 Å². The summed E-state index contributed by atoms with van der Waals surface area (Å²) in [6.45, 7) is 0.619. The van der Waals surface area contributed by atoms with Gasteiger partial charge >= 0.3 is 12.0 Å². The summed E-state index contributed by atoms with van der Waals surface area (Å²) in [5.41, 5.74) is 1.66. The lowest BCUT2D eigenvalue weighted by atomic mass is 9.99. The van der Waals surface area contributed by atoms with E-state index >= 15 is 0 Å². The number of hydroxylamine groups is 2. The van der Waals surface area contributed by atoms with E-state index in [9.17, 15) is 19.6 Å². The van der Waals surface area contributed by atoms with Crippen molar-refractivity contribution in [2.24, 2.45) is 0 Å². The molecule has 4 rings (SSSR count). The number of thiophene rings is 1. The van der Waals surface area contributed by atoms with Crippen molar-refractivity contribution in [3.05, 3.63) is 51.5 Å². The van der Waals surface area contributed by atoms with Crippen molar-refractivity contribution in [3.8, 4) is 0 Å². The fourth-order valence-corrected chi connectivity index (χ4v) is 4.74. The third-order valence-corrected chi connectivity index (χ3v) is 6.12. The summed E-state index contributed by atoms with van der Waals surface area (Å²) < 4.78 is 4.83. The number of urea groups is 1. The zero-order valence-electron chi connectivity index (χ0n) is 15.0. The molecule has 2 bridgehead atoms. The smallest absolute Gasteiger partial charge is 0.345 e. The molecule has 2 atom stereocenters. The number of nitrogens with one attached hydrogen (secondary N) is 1. The number of nitrogens with zero attached hydrogens (tertiary/aromatic N) is 3. The molecule has 2 aliphatic rings. The lowest BCUT2D eigenvalue weighted by Crippen LogP contribution is -2.38.